The van der Waals surface area contributed by atoms with Crippen molar-refractivity contribution in [3.63, 3.8) is 0 Å². The summed E-state index contributed by atoms with van der Waals surface area (Å²) in [4.78, 5) is 31.1. The lowest BCUT2D eigenvalue weighted by Crippen LogP contribution is -2.29. The van der Waals surface area contributed by atoms with Crippen molar-refractivity contribution in [1.29, 1.82) is 0 Å². The van der Waals surface area contributed by atoms with Crippen LogP contribution in [0, 0.1) is 0 Å². The highest BCUT2D eigenvalue weighted by molar-refractivity contribution is 5.97. The van der Waals surface area contributed by atoms with Gasteiger partial charge in [0, 0.05) is 40.7 Å². The lowest BCUT2D eigenvalue weighted by atomic mass is 10.1. The lowest BCUT2D eigenvalue weighted by molar-refractivity contribution is 0.0952. The smallest absolute Gasteiger partial charge is 0.256 e. The molecular weight excluding hydrogens is 326 g/mol. The third kappa shape index (κ3) is 2.99. The van der Waals surface area contributed by atoms with Crippen molar-refractivity contribution in [2.24, 2.45) is 0 Å². The Morgan fingerprint density at radius 3 is 2.35 bits per heavy atom. The number of pyridine rings is 1. The van der Waals surface area contributed by atoms with Crippen molar-refractivity contribution < 1.29 is 4.79 Å². The molecule has 0 aliphatic rings. The monoisotopic (exact) mass is 345 g/mol. The molecule has 0 fully saturated rings. The quantitative estimate of drug-likeness (QED) is 0.485. The second-order valence-electron chi connectivity index (χ2n) is 6.30. The molecule has 4 rings (SSSR count). The number of benzene rings is 2. The van der Waals surface area contributed by atoms with E-state index in [1.54, 1.807) is 12.1 Å². The van der Waals surface area contributed by atoms with E-state index in [2.05, 4.69) is 21.4 Å². The van der Waals surface area contributed by atoms with Crippen molar-refractivity contribution in [3.05, 3.63) is 82.3 Å². The minimum absolute atomic E-state index is 0.149. The van der Waals surface area contributed by atoms with Gasteiger partial charge in [0.1, 0.15) is 5.56 Å². The zero-order valence-corrected chi connectivity index (χ0v) is 14.2. The number of hydrogen-bond donors (Lipinski definition) is 3. The molecule has 0 bridgehead atoms. The summed E-state index contributed by atoms with van der Waals surface area (Å²) in [6.07, 6.45) is 5.16. The van der Waals surface area contributed by atoms with E-state index in [4.69, 9.17) is 0 Å². The Morgan fingerprint density at radius 2 is 1.54 bits per heavy atom. The van der Waals surface area contributed by atoms with Gasteiger partial charge in [0.05, 0.1) is 0 Å². The summed E-state index contributed by atoms with van der Waals surface area (Å²) in [5, 5.41) is 4.59. The van der Waals surface area contributed by atoms with E-state index in [0.717, 1.165) is 23.9 Å². The SMILES string of the molecule is O=C(NCCCc1c[nH]c2ccccc12)c1c[nH]c2ccccc2c1=O. The van der Waals surface area contributed by atoms with Gasteiger partial charge in [0.25, 0.3) is 5.91 Å². The Labute approximate surface area is 150 Å². The summed E-state index contributed by atoms with van der Waals surface area (Å²) in [5.41, 5.74) is 2.99. The second kappa shape index (κ2) is 6.88. The van der Waals surface area contributed by atoms with Crippen LogP contribution in [0.15, 0.2) is 65.7 Å². The summed E-state index contributed by atoms with van der Waals surface area (Å²) >= 11 is 0. The summed E-state index contributed by atoms with van der Waals surface area (Å²) < 4.78 is 0. The normalized spacial score (nSPS) is 11.1. The van der Waals surface area contributed by atoms with Crippen LogP contribution < -0.4 is 10.7 Å². The van der Waals surface area contributed by atoms with Crippen molar-refractivity contribution in [2.45, 2.75) is 12.8 Å². The second-order valence-corrected chi connectivity index (χ2v) is 6.30. The number of hydrogen-bond acceptors (Lipinski definition) is 2. The van der Waals surface area contributed by atoms with Gasteiger partial charge in [-0.25, -0.2) is 0 Å². The first-order chi connectivity index (χ1) is 12.7. The average molecular weight is 345 g/mol. The molecule has 4 aromatic rings. The largest absolute Gasteiger partial charge is 0.361 e. The molecule has 5 heteroatoms. The molecule has 2 aromatic carbocycles. The number of nitrogens with one attached hydrogen (secondary N) is 3. The summed E-state index contributed by atoms with van der Waals surface area (Å²) in [6.45, 7) is 0.518. The topological polar surface area (TPSA) is 77.8 Å². The van der Waals surface area contributed by atoms with Crippen LogP contribution in [0.4, 0.5) is 0 Å². The van der Waals surface area contributed by atoms with Crippen LogP contribution in [0.5, 0.6) is 0 Å². The molecule has 130 valence electrons. The fourth-order valence-corrected chi connectivity index (χ4v) is 3.25. The number of para-hydroxylation sites is 2. The number of amides is 1. The van der Waals surface area contributed by atoms with E-state index in [9.17, 15) is 9.59 Å². The van der Waals surface area contributed by atoms with E-state index < -0.39 is 0 Å². The minimum atomic E-state index is -0.337. The van der Waals surface area contributed by atoms with E-state index in [1.807, 2.05) is 36.5 Å². The predicted molar refractivity (Wildman–Crippen MR) is 104 cm³/mol. The van der Waals surface area contributed by atoms with Gasteiger partial charge in [-0.2, -0.15) is 0 Å². The van der Waals surface area contributed by atoms with Crippen LogP contribution in [-0.4, -0.2) is 22.4 Å². The number of carbonyl (C=O) groups excluding carboxylic acids is 1. The molecule has 0 saturated carbocycles. The van der Waals surface area contributed by atoms with E-state index >= 15 is 0 Å². The number of aryl methyl sites for hydroxylation is 1. The third-order valence-corrected chi connectivity index (χ3v) is 4.62. The summed E-state index contributed by atoms with van der Waals surface area (Å²) in [7, 11) is 0. The highest BCUT2D eigenvalue weighted by Gasteiger charge is 2.12. The molecule has 0 spiro atoms. The van der Waals surface area contributed by atoms with Gasteiger partial charge < -0.3 is 15.3 Å². The van der Waals surface area contributed by atoms with Crippen molar-refractivity contribution >= 4 is 27.7 Å². The van der Waals surface area contributed by atoms with Crippen LogP contribution >= 0.6 is 0 Å². The molecule has 0 aliphatic carbocycles. The van der Waals surface area contributed by atoms with Gasteiger partial charge in [-0.1, -0.05) is 30.3 Å². The van der Waals surface area contributed by atoms with Crippen LogP contribution in [0.25, 0.3) is 21.8 Å². The van der Waals surface area contributed by atoms with Crippen LogP contribution in [-0.2, 0) is 6.42 Å². The van der Waals surface area contributed by atoms with Gasteiger partial charge >= 0.3 is 0 Å². The van der Waals surface area contributed by atoms with Crippen molar-refractivity contribution in [3.8, 4) is 0 Å². The first kappa shape index (κ1) is 16.1. The standard InChI is InChI=1S/C21H19N3O2/c25-20-16-8-2-4-10-19(16)24-13-17(20)21(26)22-11-5-6-14-12-23-18-9-3-1-7-15(14)18/h1-4,7-10,12-13,23H,5-6,11H2,(H,22,26)(H,24,25). The van der Waals surface area contributed by atoms with Gasteiger partial charge in [-0.05, 0) is 36.6 Å². The highest BCUT2D eigenvalue weighted by Crippen LogP contribution is 2.18. The molecule has 0 radical (unpaired) electrons. The fourth-order valence-electron chi connectivity index (χ4n) is 3.25. The van der Waals surface area contributed by atoms with Gasteiger partial charge in [0.15, 0.2) is 0 Å². The molecule has 0 aliphatic heterocycles. The molecule has 2 aromatic heterocycles. The zero-order valence-electron chi connectivity index (χ0n) is 14.2. The van der Waals surface area contributed by atoms with Crippen molar-refractivity contribution in [1.82, 2.24) is 15.3 Å². The molecule has 0 saturated heterocycles. The van der Waals surface area contributed by atoms with Gasteiger partial charge in [-0.15, -0.1) is 0 Å². The predicted octanol–water partition coefficient (Wildman–Crippen LogP) is 3.37. The Bertz CT molecular complexity index is 1140. The van der Waals surface area contributed by atoms with Gasteiger partial charge in [0.2, 0.25) is 5.43 Å². The van der Waals surface area contributed by atoms with Crippen LogP contribution in [0.1, 0.15) is 22.3 Å². The molecule has 5 nitrogen and oxygen atoms in total. The molecule has 2 heterocycles. The average Bonchev–Trinajstić information content (AvgIpc) is 3.09. The molecule has 1 amide bonds. The van der Waals surface area contributed by atoms with Crippen molar-refractivity contribution in [2.75, 3.05) is 6.54 Å². The maximum absolute atomic E-state index is 12.5. The maximum Gasteiger partial charge on any atom is 0.256 e. The Hall–Kier alpha value is -3.34. The molecule has 3 N–H and O–H groups in total. The maximum atomic E-state index is 12.5. The fraction of sp³-hybridized carbons (Fsp3) is 0.143. The number of H-pyrrole nitrogens is 2. The first-order valence-electron chi connectivity index (χ1n) is 8.67. The van der Waals surface area contributed by atoms with E-state index in [0.29, 0.717) is 11.9 Å². The summed E-state index contributed by atoms with van der Waals surface area (Å²) in [5.74, 6) is -0.337. The third-order valence-electron chi connectivity index (χ3n) is 4.62. The van der Waals surface area contributed by atoms with Gasteiger partial charge in [-0.3, -0.25) is 9.59 Å². The summed E-state index contributed by atoms with van der Waals surface area (Å²) in [6, 6.07) is 15.4. The number of fused-ring (bicyclic) bond motifs is 2. The zero-order chi connectivity index (χ0) is 17.9. The van der Waals surface area contributed by atoms with E-state index in [-0.39, 0.29) is 16.9 Å². The minimum Gasteiger partial charge on any atom is -0.361 e. The van der Waals surface area contributed by atoms with E-state index in [1.165, 1.54) is 17.1 Å². The highest BCUT2D eigenvalue weighted by atomic mass is 16.2. The molecular formula is C21H19N3O2. The van der Waals surface area contributed by atoms with Crippen LogP contribution in [0.2, 0.25) is 0 Å². The first-order valence-corrected chi connectivity index (χ1v) is 8.67. The lowest BCUT2D eigenvalue weighted by Gasteiger charge is -2.06. The Kier molecular flexibility index (Phi) is 4.27. The number of carbonyl (C=O) groups is 1. The Morgan fingerprint density at radius 1 is 0.885 bits per heavy atom. The number of rotatable bonds is 5. The molecule has 26 heavy (non-hydrogen) atoms. The number of aromatic amines is 2. The molecule has 0 atom stereocenters. The van der Waals surface area contributed by atoms with Crippen LogP contribution in [0.3, 0.4) is 0 Å². The molecule has 0 unspecified atom stereocenters. The Balaban J connectivity index is 1.40. The number of aromatic nitrogens is 2.